The summed E-state index contributed by atoms with van der Waals surface area (Å²) in [5.74, 6) is 0.439. The number of amides is 2. The van der Waals surface area contributed by atoms with Crippen molar-refractivity contribution in [2.24, 2.45) is 0 Å². The Kier molecular flexibility index (Phi) is 7.55. The summed E-state index contributed by atoms with van der Waals surface area (Å²) in [4.78, 5) is 26.0. The number of carbonyl (C=O) groups is 2. The van der Waals surface area contributed by atoms with E-state index in [4.69, 9.17) is 0 Å². The molecule has 0 saturated carbocycles. The SMILES string of the molecule is CCCC1CC(=O)NC(n2nc(C)cc2NC(=O)Cc2ccc(SC(C)C)cc2)N1. The maximum atomic E-state index is 12.7. The predicted octanol–water partition coefficient (Wildman–Crippen LogP) is 3.61. The van der Waals surface area contributed by atoms with Crippen LogP contribution in [0.1, 0.15) is 57.6 Å². The van der Waals surface area contributed by atoms with Crippen LogP contribution in [-0.4, -0.2) is 32.9 Å². The van der Waals surface area contributed by atoms with Gasteiger partial charge in [0, 0.05) is 28.7 Å². The van der Waals surface area contributed by atoms with Gasteiger partial charge in [-0.1, -0.05) is 39.3 Å². The first-order valence-corrected chi connectivity index (χ1v) is 11.4. The van der Waals surface area contributed by atoms with Crippen LogP contribution in [0.3, 0.4) is 0 Å². The lowest BCUT2D eigenvalue weighted by Crippen LogP contribution is -2.53. The fourth-order valence-corrected chi connectivity index (χ4v) is 4.40. The maximum absolute atomic E-state index is 12.7. The van der Waals surface area contributed by atoms with E-state index in [1.54, 1.807) is 16.4 Å². The highest BCUT2D eigenvalue weighted by molar-refractivity contribution is 7.99. The zero-order valence-electron chi connectivity index (χ0n) is 18.1. The summed E-state index contributed by atoms with van der Waals surface area (Å²) in [5, 5.41) is 14.3. The number of nitrogens with one attached hydrogen (secondary N) is 3. The molecule has 2 unspecified atom stereocenters. The first kappa shape index (κ1) is 22.4. The molecule has 0 radical (unpaired) electrons. The van der Waals surface area contributed by atoms with E-state index >= 15 is 0 Å². The van der Waals surface area contributed by atoms with E-state index in [2.05, 4.69) is 54.0 Å². The molecule has 1 aliphatic heterocycles. The van der Waals surface area contributed by atoms with Crippen LogP contribution in [0.5, 0.6) is 0 Å². The quantitative estimate of drug-likeness (QED) is 0.558. The van der Waals surface area contributed by atoms with Gasteiger partial charge in [0.05, 0.1) is 12.1 Å². The van der Waals surface area contributed by atoms with Crippen molar-refractivity contribution in [1.82, 2.24) is 20.4 Å². The largest absolute Gasteiger partial charge is 0.322 e. The van der Waals surface area contributed by atoms with E-state index in [-0.39, 0.29) is 24.3 Å². The molecule has 2 amide bonds. The molecule has 0 spiro atoms. The van der Waals surface area contributed by atoms with Gasteiger partial charge in [0.25, 0.3) is 0 Å². The number of aromatic nitrogens is 2. The molecule has 0 bridgehead atoms. The molecule has 8 heteroatoms. The van der Waals surface area contributed by atoms with Crippen molar-refractivity contribution in [3.8, 4) is 0 Å². The smallest absolute Gasteiger partial charge is 0.229 e. The lowest BCUT2D eigenvalue weighted by atomic mass is 10.1. The van der Waals surface area contributed by atoms with E-state index < -0.39 is 6.29 Å². The Balaban J connectivity index is 1.67. The summed E-state index contributed by atoms with van der Waals surface area (Å²) < 4.78 is 1.65. The number of hydrogen-bond acceptors (Lipinski definition) is 5. The summed E-state index contributed by atoms with van der Waals surface area (Å²) in [7, 11) is 0. The van der Waals surface area contributed by atoms with Gasteiger partial charge in [0.15, 0.2) is 6.29 Å². The van der Waals surface area contributed by atoms with Crippen molar-refractivity contribution < 1.29 is 9.59 Å². The topological polar surface area (TPSA) is 88.1 Å². The maximum Gasteiger partial charge on any atom is 0.229 e. The van der Waals surface area contributed by atoms with Crippen LogP contribution in [0.25, 0.3) is 0 Å². The summed E-state index contributed by atoms with van der Waals surface area (Å²) >= 11 is 1.80. The third-order valence-corrected chi connectivity index (χ3v) is 5.81. The Labute approximate surface area is 182 Å². The molecule has 2 heterocycles. The van der Waals surface area contributed by atoms with Crippen molar-refractivity contribution in [1.29, 1.82) is 0 Å². The van der Waals surface area contributed by atoms with Gasteiger partial charge < -0.3 is 10.6 Å². The molecule has 162 valence electrons. The Morgan fingerprint density at radius 2 is 2.07 bits per heavy atom. The van der Waals surface area contributed by atoms with E-state index in [0.717, 1.165) is 24.1 Å². The predicted molar refractivity (Wildman–Crippen MR) is 120 cm³/mol. The van der Waals surface area contributed by atoms with Crippen LogP contribution in [0.2, 0.25) is 0 Å². The molecule has 2 aromatic rings. The van der Waals surface area contributed by atoms with Crippen LogP contribution in [-0.2, 0) is 16.0 Å². The lowest BCUT2D eigenvalue weighted by Gasteiger charge is -2.32. The van der Waals surface area contributed by atoms with Gasteiger partial charge in [-0.25, -0.2) is 4.68 Å². The Bertz CT molecular complexity index is 878. The molecule has 3 rings (SSSR count). The van der Waals surface area contributed by atoms with Gasteiger partial charge in [-0.05, 0) is 31.0 Å². The third-order valence-electron chi connectivity index (χ3n) is 4.79. The van der Waals surface area contributed by atoms with Crippen molar-refractivity contribution in [2.75, 3.05) is 5.32 Å². The minimum atomic E-state index is -0.473. The second-order valence-electron chi connectivity index (χ2n) is 7.98. The zero-order chi connectivity index (χ0) is 21.7. The first-order valence-electron chi connectivity index (χ1n) is 10.5. The zero-order valence-corrected chi connectivity index (χ0v) is 18.9. The number of hydrogen-bond donors (Lipinski definition) is 3. The van der Waals surface area contributed by atoms with E-state index in [1.165, 1.54) is 4.90 Å². The summed E-state index contributed by atoms with van der Waals surface area (Å²) in [5.41, 5.74) is 1.73. The van der Waals surface area contributed by atoms with Crippen LogP contribution >= 0.6 is 11.8 Å². The highest BCUT2D eigenvalue weighted by atomic mass is 32.2. The van der Waals surface area contributed by atoms with Gasteiger partial charge in [-0.3, -0.25) is 14.9 Å². The second kappa shape index (κ2) is 10.1. The highest BCUT2D eigenvalue weighted by Crippen LogP contribution is 2.23. The number of thioether (sulfide) groups is 1. The number of carbonyl (C=O) groups excluding carboxylic acids is 2. The molecule has 7 nitrogen and oxygen atoms in total. The minimum absolute atomic E-state index is 0.0120. The fraction of sp³-hybridized carbons (Fsp3) is 0.500. The number of nitrogens with zero attached hydrogens (tertiary/aromatic N) is 2. The first-order chi connectivity index (χ1) is 14.3. The van der Waals surface area contributed by atoms with Crippen LogP contribution < -0.4 is 16.0 Å². The fourth-order valence-electron chi connectivity index (χ4n) is 3.56. The van der Waals surface area contributed by atoms with Gasteiger partial charge in [0.2, 0.25) is 11.8 Å². The second-order valence-corrected chi connectivity index (χ2v) is 9.63. The molecule has 3 N–H and O–H groups in total. The average Bonchev–Trinajstić information content (AvgIpc) is 3.03. The van der Waals surface area contributed by atoms with Crippen LogP contribution in [0.15, 0.2) is 35.2 Å². The molecule has 1 aliphatic rings. The van der Waals surface area contributed by atoms with Crippen molar-refractivity contribution in [3.63, 3.8) is 0 Å². The van der Waals surface area contributed by atoms with Crippen molar-refractivity contribution in [2.45, 2.75) is 75.9 Å². The highest BCUT2D eigenvalue weighted by Gasteiger charge is 2.28. The molecule has 1 saturated heterocycles. The molecule has 1 aromatic heterocycles. The molecular formula is C22H31N5O2S. The van der Waals surface area contributed by atoms with E-state index in [1.807, 2.05) is 25.1 Å². The average molecular weight is 430 g/mol. The Hall–Kier alpha value is -2.32. The Morgan fingerprint density at radius 3 is 2.73 bits per heavy atom. The van der Waals surface area contributed by atoms with E-state index in [9.17, 15) is 9.59 Å². The molecule has 2 atom stereocenters. The summed E-state index contributed by atoms with van der Waals surface area (Å²) in [6.07, 6.45) is 2.17. The van der Waals surface area contributed by atoms with Gasteiger partial charge >= 0.3 is 0 Å². The molecule has 30 heavy (non-hydrogen) atoms. The lowest BCUT2D eigenvalue weighted by molar-refractivity contribution is -0.125. The van der Waals surface area contributed by atoms with Gasteiger partial charge in [0.1, 0.15) is 5.82 Å². The summed E-state index contributed by atoms with van der Waals surface area (Å²) in [6.45, 7) is 8.28. The minimum Gasteiger partial charge on any atom is -0.322 e. The van der Waals surface area contributed by atoms with Crippen molar-refractivity contribution in [3.05, 3.63) is 41.6 Å². The molecular weight excluding hydrogens is 398 g/mol. The normalized spacial score (nSPS) is 19.0. The number of benzene rings is 1. The molecule has 0 aliphatic carbocycles. The third kappa shape index (κ3) is 6.09. The molecule has 1 aromatic carbocycles. The van der Waals surface area contributed by atoms with Gasteiger partial charge in [-0.15, -0.1) is 11.8 Å². The number of aryl methyl sites for hydroxylation is 1. The van der Waals surface area contributed by atoms with Crippen LogP contribution in [0, 0.1) is 6.92 Å². The Morgan fingerprint density at radius 1 is 1.33 bits per heavy atom. The van der Waals surface area contributed by atoms with Gasteiger partial charge in [-0.2, -0.15) is 5.10 Å². The van der Waals surface area contributed by atoms with E-state index in [0.29, 0.717) is 17.5 Å². The summed E-state index contributed by atoms with van der Waals surface area (Å²) in [6, 6.07) is 10.0. The van der Waals surface area contributed by atoms with Crippen LogP contribution in [0.4, 0.5) is 5.82 Å². The number of rotatable bonds is 8. The van der Waals surface area contributed by atoms with Crippen molar-refractivity contribution >= 4 is 29.4 Å². The standard InChI is InChI=1S/C22H31N5O2S/c1-5-6-17-13-21(29)25-22(23-17)27-19(11-15(4)26-27)24-20(28)12-16-7-9-18(10-8-16)30-14(2)3/h7-11,14,17,22-23H,5-6,12-13H2,1-4H3,(H,24,28)(H,25,29). The monoisotopic (exact) mass is 429 g/mol. The number of anilines is 1. The molecule has 1 fully saturated rings.